The number of nitrogens with one attached hydrogen (secondary N) is 1. The first kappa shape index (κ1) is 22.8. The Balaban J connectivity index is 2.10. The first-order valence-electron chi connectivity index (χ1n) is 9.53. The topological polar surface area (TPSA) is 99.6 Å². The Morgan fingerprint density at radius 3 is 2.25 bits per heavy atom. The molecule has 0 spiro atoms. The van der Waals surface area contributed by atoms with Crippen molar-refractivity contribution >= 4 is 7.60 Å². The van der Waals surface area contributed by atoms with Crippen molar-refractivity contribution in [2.24, 2.45) is 5.41 Å². The summed E-state index contributed by atoms with van der Waals surface area (Å²) in [5, 5.41) is 0. The van der Waals surface area contributed by atoms with Crippen molar-refractivity contribution in [2.75, 3.05) is 13.0 Å². The predicted octanol–water partition coefficient (Wildman–Crippen LogP) is 3.20. The van der Waals surface area contributed by atoms with E-state index in [0.717, 1.165) is 12.8 Å². The van der Waals surface area contributed by atoms with Crippen molar-refractivity contribution in [1.82, 2.24) is 9.55 Å². The van der Waals surface area contributed by atoms with Gasteiger partial charge in [-0.1, -0.05) is 12.2 Å². The SMILES string of the molecule is Cc1cn(CC2(COCP(=O)(OC(C)C)OC(C)C)CC=CC2)c(=O)[nH]c1=O. The molecule has 1 aromatic heterocycles. The summed E-state index contributed by atoms with van der Waals surface area (Å²) in [5.74, 6) is 0. The van der Waals surface area contributed by atoms with Crippen LogP contribution in [0.1, 0.15) is 46.1 Å². The van der Waals surface area contributed by atoms with Crippen LogP contribution in [0.2, 0.25) is 0 Å². The van der Waals surface area contributed by atoms with Gasteiger partial charge in [0, 0.05) is 23.7 Å². The molecule has 9 heteroatoms. The van der Waals surface area contributed by atoms with E-state index in [1.54, 1.807) is 40.8 Å². The zero-order valence-electron chi connectivity index (χ0n) is 17.3. The molecule has 158 valence electrons. The van der Waals surface area contributed by atoms with Crippen LogP contribution >= 0.6 is 7.60 Å². The minimum absolute atomic E-state index is 0.148. The predicted molar refractivity (Wildman–Crippen MR) is 108 cm³/mol. The lowest BCUT2D eigenvalue weighted by molar-refractivity contribution is 0.0418. The van der Waals surface area contributed by atoms with Gasteiger partial charge in [-0.25, -0.2) is 4.79 Å². The lowest BCUT2D eigenvalue weighted by Crippen LogP contribution is -2.38. The number of aromatic amines is 1. The Morgan fingerprint density at radius 1 is 1.14 bits per heavy atom. The molecule has 1 N–H and O–H groups in total. The summed E-state index contributed by atoms with van der Waals surface area (Å²) >= 11 is 0. The summed E-state index contributed by atoms with van der Waals surface area (Å²) in [5.41, 5.74) is -0.705. The van der Waals surface area contributed by atoms with E-state index in [0.29, 0.717) is 12.1 Å². The summed E-state index contributed by atoms with van der Waals surface area (Å²) in [6.07, 6.45) is 6.44. The second-order valence-electron chi connectivity index (χ2n) is 7.98. The highest BCUT2D eigenvalue weighted by Crippen LogP contribution is 2.51. The number of ether oxygens (including phenoxy) is 1. The quantitative estimate of drug-likeness (QED) is 0.466. The van der Waals surface area contributed by atoms with E-state index in [-0.39, 0.29) is 36.1 Å². The number of allylic oxidation sites excluding steroid dienone is 2. The molecule has 0 saturated carbocycles. The summed E-state index contributed by atoms with van der Waals surface area (Å²) in [6, 6.07) is 0. The molecule has 1 aromatic rings. The highest BCUT2D eigenvalue weighted by molar-refractivity contribution is 7.53. The summed E-state index contributed by atoms with van der Waals surface area (Å²) in [7, 11) is -3.38. The molecule has 8 nitrogen and oxygen atoms in total. The third-order valence-electron chi connectivity index (χ3n) is 4.36. The van der Waals surface area contributed by atoms with Crippen molar-refractivity contribution in [2.45, 2.75) is 66.2 Å². The van der Waals surface area contributed by atoms with Crippen molar-refractivity contribution in [3.8, 4) is 0 Å². The fraction of sp³-hybridized carbons (Fsp3) is 0.684. The number of aromatic nitrogens is 2. The largest absolute Gasteiger partial charge is 0.368 e. The molecule has 0 aromatic carbocycles. The van der Waals surface area contributed by atoms with Crippen LogP contribution in [0.4, 0.5) is 0 Å². The van der Waals surface area contributed by atoms with Crippen molar-refractivity contribution in [1.29, 1.82) is 0 Å². The lowest BCUT2D eigenvalue weighted by Gasteiger charge is -2.30. The first-order chi connectivity index (χ1) is 13.0. The highest BCUT2D eigenvalue weighted by atomic mass is 31.2. The molecule has 1 aliphatic carbocycles. The van der Waals surface area contributed by atoms with Gasteiger partial charge in [-0.2, -0.15) is 0 Å². The standard InChI is InChI=1S/C19H31N2O6P/c1-14(2)26-28(24,27-15(3)4)13-25-12-19(8-6-7-9-19)11-21-10-16(5)17(22)20-18(21)23/h6-7,10,14-15H,8-9,11-13H2,1-5H3,(H,20,22,23). The van der Waals surface area contributed by atoms with Crippen molar-refractivity contribution in [3.05, 3.63) is 44.8 Å². The van der Waals surface area contributed by atoms with E-state index in [1.165, 1.54) is 4.57 Å². The van der Waals surface area contributed by atoms with Gasteiger partial charge in [-0.05, 0) is 47.5 Å². The molecule has 0 bridgehead atoms. The highest BCUT2D eigenvalue weighted by Gasteiger charge is 2.35. The molecule has 0 amide bonds. The molecule has 0 aliphatic heterocycles. The molecule has 0 unspecified atom stereocenters. The summed E-state index contributed by atoms with van der Waals surface area (Å²) in [6.45, 7) is 9.52. The smallest absolute Gasteiger partial charge is 0.356 e. The van der Waals surface area contributed by atoms with Gasteiger partial charge in [0.2, 0.25) is 0 Å². The maximum absolute atomic E-state index is 12.9. The maximum Gasteiger partial charge on any atom is 0.356 e. The van der Waals surface area contributed by atoms with Crippen LogP contribution in [0, 0.1) is 12.3 Å². The number of H-pyrrole nitrogens is 1. The number of rotatable bonds is 10. The van der Waals surface area contributed by atoms with Crippen LogP contribution in [0.25, 0.3) is 0 Å². The normalized spacial score (nSPS) is 16.4. The van der Waals surface area contributed by atoms with E-state index in [9.17, 15) is 14.2 Å². The van der Waals surface area contributed by atoms with E-state index < -0.39 is 13.3 Å². The van der Waals surface area contributed by atoms with Gasteiger partial charge in [0.25, 0.3) is 5.56 Å². The van der Waals surface area contributed by atoms with Gasteiger partial charge in [0.15, 0.2) is 0 Å². The second kappa shape index (κ2) is 9.35. The van der Waals surface area contributed by atoms with Crippen molar-refractivity contribution in [3.63, 3.8) is 0 Å². The third-order valence-corrected chi connectivity index (χ3v) is 6.35. The Morgan fingerprint density at radius 2 is 1.71 bits per heavy atom. The van der Waals surface area contributed by atoms with Crippen LogP contribution in [0.15, 0.2) is 27.9 Å². The molecule has 1 heterocycles. The molecular formula is C19H31N2O6P. The Hall–Kier alpha value is -1.47. The maximum atomic E-state index is 12.9. The van der Waals surface area contributed by atoms with E-state index >= 15 is 0 Å². The molecule has 0 radical (unpaired) electrons. The van der Waals surface area contributed by atoms with E-state index in [2.05, 4.69) is 4.98 Å². The van der Waals surface area contributed by atoms with E-state index in [4.69, 9.17) is 13.8 Å². The van der Waals surface area contributed by atoms with Gasteiger partial charge in [0.05, 0.1) is 18.8 Å². The number of hydrogen-bond donors (Lipinski definition) is 1. The number of aryl methyl sites for hydroxylation is 1. The second-order valence-corrected chi connectivity index (χ2v) is 9.88. The molecule has 0 atom stereocenters. The third kappa shape index (κ3) is 6.27. The Kier molecular flexibility index (Phi) is 7.62. The van der Waals surface area contributed by atoms with Crippen LogP contribution in [0.5, 0.6) is 0 Å². The lowest BCUT2D eigenvalue weighted by atomic mass is 9.86. The van der Waals surface area contributed by atoms with Crippen LogP contribution in [0.3, 0.4) is 0 Å². The molecule has 2 rings (SSSR count). The van der Waals surface area contributed by atoms with Crippen molar-refractivity contribution < 1.29 is 18.3 Å². The van der Waals surface area contributed by atoms with Gasteiger partial charge >= 0.3 is 13.3 Å². The molecular weight excluding hydrogens is 383 g/mol. The fourth-order valence-corrected chi connectivity index (χ4v) is 5.01. The molecule has 1 aliphatic rings. The van der Waals surface area contributed by atoms with E-state index in [1.807, 2.05) is 12.2 Å². The van der Waals surface area contributed by atoms with Crippen LogP contribution in [-0.4, -0.2) is 34.7 Å². The average molecular weight is 414 g/mol. The zero-order chi connectivity index (χ0) is 20.9. The Labute approximate surface area is 165 Å². The van der Waals surface area contributed by atoms with Gasteiger partial charge in [0.1, 0.15) is 6.35 Å². The minimum atomic E-state index is -3.38. The zero-order valence-corrected chi connectivity index (χ0v) is 18.2. The number of hydrogen-bond acceptors (Lipinski definition) is 6. The van der Waals surface area contributed by atoms with Gasteiger partial charge in [-0.15, -0.1) is 0 Å². The first-order valence-corrected chi connectivity index (χ1v) is 11.3. The summed E-state index contributed by atoms with van der Waals surface area (Å²) < 4.78 is 31.3. The summed E-state index contributed by atoms with van der Waals surface area (Å²) in [4.78, 5) is 26.1. The van der Waals surface area contributed by atoms with Gasteiger partial charge < -0.3 is 13.8 Å². The monoisotopic (exact) mass is 414 g/mol. The Bertz CT molecular complexity index is 833. The minimum Gasteiger partial charge on any atom is -0.368 e. The fourth-order valence-electron chi connectivity index (χ4n) is 3.24. The molecule has 0 fully saturated rings. The molecule has 28 heavy (non-hydrogen) atoms. The number of nitrogens with zero attached hydrogens (tertiary/aromatic N) is 1. The van der Waals surface area contributed by atoms with Gasteiger partial charge in [-0.3, -0.25) is 18.9 Å². The van der Waals surface area contributed by atoms with Crippen LogP contribution in [-0.2, 0) is 24.9 Å². The average Bonchev–Trinajstić information content (AvgIpc) is 2.99. The van der Waals surface area contributed by atoms with Crippen LogP contribution < -0.4 is 11.2 Å². The molecule has 0 saturated heterocycles.